The van der Waals surface area contributed by atoms with Gasteiger partial charge in [0.25, 0.3) is 0 Å². The molecule has 1 unspecified atom stereocenters. The van der Waals surface area contributed by atoms with Gasteiger partial charge in [0.1, 0.15) is 17.4 Å². The van der Waals surface area contributed by atoms with Gasteiger partial charge in [-0.1, -0.05) is 0 Å². The van der Waals surface area contributed by atoms with Crippen LogP contribution >= 0.6 is 11.3 Å². The Labute approximate surface area is 108 Å². The topological polar surface area (TPSA) is 35.2 Å². The van der Waals surface area contributed by atoms with Crippen LogP contribution in [0, 0.1) is 11.6 Å². The van der Waals surface area contributed by atoms with Gasteiger partial charge in [-0.2, -0.15) is 0 Å². The molecule has 96 valence electrons. The zero-order valence-corrected chi connectivity index (χ0v) is 10.6. The zero-order chi connectivity index (χ0) is 13.1. The Hall–Kier alpha value is -1.46. The van der Waals surface area contributed by atoms with Crippen molar-refractivity contribution in [2.24, 2.45) is 5.73 Å². The van der Waals surface area contributed by atoms with Crippen molar-refractivity contribution in [3.05, 3.63) is 51.7 Å². The highest BCUT2D eigenvalue weighted by molar-refractivity contribution is 7.10. The summed E-state index contributed by atoms with van der Waals surface area (Å²) in [5.41, 5.74) is 6.57. The fourth-order valence-corrected chi connectivity index (χ4v) is 2.69. The SMILES string of the molecule is COc1ccsc1C(N)Cc1cc(F)cc(F)c1. The van der Waals surface area contributed by atoms with Crippen molar-refractivity contribution in [3.63, 3.8) is 0 Å². The van der Waals surface area contributed by atoms with Crippen LogP contribution in [0.4, 0.5) is 8.78 Å². The lowest BCUT2D eigenvalue weighted by Crippen LogP contribution is -2.13. The molecule has 1 heterocycles. The Morgan fingerprint density at radius 2 is 1.94 bits per heavy atom. The minimum atomic E-state index is -0.588. The summed E-state index contributed by atoms with van der Waals surface area (Å²) in [5.74, 6) is -0.463. The molecule has 1 aromatic heterocycles. The molecule has 0 amide bonds. The van der Waals surface area contributed by atoms with Crippen LogP contribution in [-0.2, 0) is 6.42 Å². The lowest BCUT2D eigenvalue weighted by Gasteiger charge is -2.12. The molecule has 0 fully saturated rings. The number of hydrogen-bond acceptors (Lipinski definition) is 3. The van der Waals surface area contributed by atoms with Gasteiger partial charge in [-0.25, -0.2) is 8.78 Å². The largest absolute Gasteiger partial charge is 0.496 e. The predicted molar refractivity (Wildman–Crippen MR) is 67.9 cm³/mol. The Balaban J connectivity index is 2.18. The third-order valence-corrected chi connectivity index (χ3v) is 3.62. The highest BCUT2D eigenvalue weighted by Gasteiger charge is 2.15. The quantitative estimate of drug-likeness (QED) is 0.924. The van der Waals surface area contributed by atoms with Crippen molar-refractivity contribution >= 4 is 11.3 Å². The van der Waals surface area contributed by atoms with Crippen molar-refractivity contribution in [2.45, 2.75) is 12.5 Å². The normalized spacial score (nSPS) is 12.4. The van der Waals surface area contributed by atoms with E-state index in [0.717, 1.165) is 10.9 Å². The summed E-state index contributed by atoms with van der Waals surface area (Å²) in [6.07, 6.45) is 0.367. The molecule has 5 heteroatoms. The summed E-state index contributed by atoms with van der Waals surface area (Å²) in [6.45, 7) is 0. The van der Waals surface area contributed by atoms with E-state index in [-0.39, 0.29) is 6.04 Å². The minimum absolute atomic E-state index is 0.332. The minimum Gasteiger partial charge on any atom is -0.496 e. The molecule has 0 spiro atoms. The van der Waals surface area contributed by atoms with Crippen molar-refractivity contribution < 1.29 is 13.5 Å². The maximum absolute atomic E-state index is 13.1. The van der Waals surface area contributed by atoms with Gasteiger partial charge in [0.2, 0.25) is 0 Å². The van der Waals surface area contributed by atoms with Gasteiger partial charge in [0, 0.05) is 12.1 Å². The summed E-state index contributed by atoms with van der Waals surface area (Å²) in [4.78, 5) is 0.877. The smallest absolute Gasteiger partial charge is 0.134 e. The number of hydrogen-bond donors (Lipinski definition) is 1. The summed E-state index contributed by atoms with van der Waals surface area (Å²) in [7, 11) is 1.57. The Bertz CT molecular complexity index is 521. The first-order chi connectivity index (χ1) is 8.60. The molecule has 0 saturated heterocycles. The van der Waals surface area contributed by atoms with Crippen molar-refractivity contribution in [3.8, 4) is 5.75 Å². The standard InChI is InChI=1S/C13H13F2NOS/c1-17-12-2-3-18-13(12)11(16)6-8-4-9(14)7-10(15)5-8/h2-5,7,11H,6,16H2,1H3. The van der Waals surface area contributed by atoms with E-state index in [9.17, 15) is 8.78 Å². The molecule has 0 radical (unpaired) electrons. The van der Waals surface area contributed by atoms with E-state index < -0.39 is 11.6 Å². The lowest BCUT2D eigenvalue weighted by atomic mass is 10.0. The number of halogens is 2. The first-order valence-corrected chi connectivity index (χ1v) is 6.30. The number of ether oxygens (including phenoxy) is 1. The number of benzene rings is 1. The second kappa shape index (κ2) is 5.46. The van der Waals surface area contributed by atoms with Crippen LogP contribution in [-0.4, -0.2) is 7.11 Å². The number of nitrogens with two attached hydrogens (primary N) is 1. The predicted octanol–water partition coefficient (Wildman–Crippen LogP) is 3.28. The third kappa shape index (κ3) is 2.86. The molecule has 0 saturated carbocycles. The summed E-state index contributed by atoms with van der Waals surface area (Å²) < 4.78 is 31.3. The second-order valence-electron chi connectivity index (χ2n) is 3.94. The van der Waals surface area contributed by atoms with Gasteiger partial charge >= 0.3 is 0 Å². The van der Waals surface area contributed by atoms with Crippen LogP contribution in [0.15, 0.2) is 29.6 Å². The third-order valence-electron chi connectivity index (χ3n) is 2.59. The van der Waals surface area contributed by atoms with E-state index in [4.69, 9.17) is 10.5 Å². The number of rotatable bonds is 4. The molecular weight excluding hydrogens is 256 g/mol. The van der Waals surface area contributed by atoms with Crippen LogP contribution in [0.3, 0.4) is 0 Å². The average molecular weight is 269 g/mol. The first-order valence-electron chi connectivity index (χ1n) is 5.42. The van der Waals surface area contributed by atoms with E-state index in [2.05, 4.69) is 0 Å². The zero-order valence-electron chi connectivity index (χ0n) is 9.82. The Morgan fingerprint density at radius 3 is 2.56 bits per heavy atom. The van der Waals surface area contributed by atoms with Gasteiger partial charge in [0.05, 0.1) is 12.0 Å². The molecule has 1 atom stereocenters. The highest BCUT2D eigenvalue weighted by atomic mass is 32.1. The molecule has 0 bridgehead atoms. The second-order valence-corrected chi connectivity index (χ2v) is 4.89. The molecule has 1 aromatic carbocycles. The molecule has 0 aliphatic heterocycles. The highest BCUT2D eigenvalue weighted by Crippen LogP contribution is 2.31. The van der Waals surface area contributed by atoms with Crippen molar-refractivity contribution in [1.29, 1.82) is 0 Å². The van der Waals surface area contributed by atoms with Crippen LogP contribution in [0.2, 0.25) is 0 Å². The van der Waals surface area contributed by atoms with Gasteiger partial charge in [-0.15, -0.1) is 11.3 Å². The van der Waals surface area contributed by atoms with Crippen LogP contribution in [0.5, 0.6) is 5.75 Å². The molecule has 18 heavy (non-hydrogen) atoms. The summed E-state index contributed by atoms with van der Waals surface area (Å²) >= 11 is 1.47. The molecule has 2 rings (SSSR count). The van der Waals surface area contributed by atoms with E-state index >= 15 is 0 Å². The van der Waals surface area contributed by atoms with Gasteiger partial charge in [0.15, 0.2) is 0 Å². The van der Waals surface area contributed by atoms with Crippen LogP contribution < -0.4 is 10.5 Å². The average Bonchev–Trinajstić information content (AvgIpc) is 2.75. The molecule has 2 N–H and O–H groups in total. The van der Waals surface area contributed by atoms with Gasteiger partial charge in [-0.05, 0) is 35.6 Å². The van der Waals surface area contributed by atoms with E-state index in [0.29, 0.717) is 17.7 Å². The monoisotopic (exact) mass is 269 g/mol. The molecule has 2 aromatic rings. The molecular formula is C13H13F2NOS. The Morgan fingerprint density at radius 1 is 1.28 bits per heavy atom. The van der Waals surface area contributed by atoms with E-state index in [1.54, 1.807) is 7.11 Å². The van der Waals surface area contributed by atoms with Crippen LogP contribution in [0.25, 0.3) is 0 Å². The fraction of sp³-hybridized carbons (Fsp3) is 0.231. The number of thiophene rings is 1. The van der Waals surface area contributed by atoms with E-state index in [1.807, 2.05) is 11.4 Å². The maximum Gasteiger partial charge on any atom is 0.134 e. The van der Waals surface area contributed by atoms with Crippen molar-refractivity contribution in [1.82, 2.24) is 0 Å². The Kier molecular flexibility index (Phi) is 3.93. The fourth-order valence-electron chi connectivity index (χ4n) is 1.82. The van der Waals surface area contributed by atoms with Gasteiger partial charge in [-0.3, -0.25) is 0 Å². The van der Waals surface area contributed by atoms with Gasteiger partial charge < -0.3 is 10.5 Å². The molecule has 0 aliphatic rings. The lowest BCUT2D eigenvalue weighted by molar-refractivity contribution is 0.409. The summed E-state index contributed by atoms with van der Waals surface area (Å²) in [5, 5.41) is 1.88. The maximum atomic E-state index is 13.1. The van der Waals surface area contributed by atoms with Crippen LogP contribution in [0.1, 0.15) is 16.5 Å². The van der Waals surface area contributed by atoms with E-state index in [1.165, 1.54) is 23.5 Å². The molecule has 2 nitrogen and oxygen atoms in total. The van der Waals surface area contributed by atoms with Crippen molar-refractivity contribution in [2.75, 3.05) is 7.11 Å². The first kappa shape index (κ1) is 13.0. The summed E-state index contributed by atoms with van der Waals surface area (Å²) in [6, 6.07) is 4.93. The molecule has 0 aliphatic carbocycles. The number of methoxy groups -OCH3 is 1.